The molecule has 0 amide bonds. The maximum atomic E-state index is 13.5. The van der Waals surface area contributed by atoms with Gasteiger partial charge in [0, 0.05) is 0 Å². The number of halogens is 8. The van der Waals surface area contributed by atoms with Gasteiger partial charge < -0.3 is 9.47 Å². The molecule has 0 saturated heterocycles. The summed E-state index contributed by atoms with van der Waals surface area (Å²) >= 11 is -0.0166. The molecule has 0 radical (unpaired) electrons. The Labute approximate surface area is 188 Å². The molecule has 7 nitrogen and oxygen atoms in total. The number of hydrogen-bond acceptors (Lipinski definition) is 8. The van der Waals surface area contributed by atoms with Crippen LogP contribution in [0, 0.1) is 0 Å². The van der Waals surface area contributed by atoms with E-state index in [4.69, 9.17) is 9.99 Å². The van der Waals surface area contributed by atoms with Gasteiger partial charge >= 0.3 is 36.1 Å². The van der Waals surface area contributed by atoms with Gasteiger partial charge in [-0.2, -0.15) is 26.3 Å². The zero-order valence-corrected chi connectivity index (χ0v) is 18.3. The van der Waals surface area contributed by atoms with Crippen LogP contribution < -0.4 is 0 Å². The van der Waals surface area contributed by atoms with Crippen LogP contribution >= 0.6 is 12.0 Å². The van der Waals surface area contributed by atoms with Crippen molar-refractivity contribution in [3.05, 3.63) is 0 Å². The van der Waals surface area contributed by atoms with Gasteiger partial charge in [-0.05, 0) is 19.3 Å². The number of ether oxygens (including phenoxy) is 2. The normalized spacial score (nSPS) is 14.8. The Morgan fingerprint density at radius 3 is 2.12 bits per heavy atom. The van der Waals surface area contributed by atoms with Crippen LogP contribution in [-0.2, 0) is 28.4 Å². The van der Waals surface area contributed by atoms with E-state index in [9.17, 15) is 44.7 Å². The lowest BCUT2D eigenvalue weighted by atomic mass is 10.1. The molecule has 2 unspecified atom stereocenters. The molecule has 33 heavy (non-hydrogen) atoms. The molecule has 0 heterocycles. The van der Waals surface area contributed by atoms with E-state index in [1.165, 1.54) is 0 Å². The Morgan fingerprint density at radius 2 is 1.64 bits per heavy atom. The van der Waals surface area contributed by atoms with Crippen molar-refractivity contribution in [3.8, 4) is 0 Å². The second-order valence-corrected chi connectivity index (χ2v) is 7.66. The third kappa shape index (κ3) is 9.41. The van der Waals surface area contributed by atoms with Crippen molar-refractivity contribution in [1.82, 2.24) is 0 Å². The maximum absolute atomic E-state index is 13.5. The molecule has 0 aromatic rings. The Bertz CT molecular complexity index is 610. The fourth-order valence-electron chi connectivity index (χ4n) is 2.28. The average Bonchev–Trinajstić information content (AvgIpc) is 2.73. The minimum absolute atomic E-state index is 0.0166. The summed E-state index contributed by atoms with van der Waals surface area (Å²) in [4.78, 5) is 24.0. The van der Waals surface area contributed by atoms with Crippen LogP contribution in [0.2, 0.25) is 0 Å². The monoisotopic (exact) mass is 524 g/mol. The number of hydrogen-bond donors (Lipinski definition) is 1. The second-order valence-electron chi connectivity index (χ2n) is 6.76. The predicted octanol–water partition coefficient (Wildman–Crippen LogP) is 5.43. The van der Waals surface area contributed by atoms with E-state index in [-0.39, 0.29) is 12.0 Å². The molecule has 0 aliphatic heterocycles. The summed E-state index contributed by atoms with van der Waals surface area (Å²) in [6, 6.07) is 0. The molecule has 16 heteroatoms. The Morgan fingerprint density at radius 1 is 1.03 bits per heavy atom. The topological polar surface area (TPSA) is 91.3 Å². The first-order valence-corrected chi connectivity index (χ1v) is 10.4. The van der Waals surface area contributed by atoms with Gasteiger partial charge in [0.1, 0.15) is 11.4 Å². The van der Waals surface area contributed by atoms with Crippen LogP contribution in [0.5, 0.6) is 0 Å². The largest absolute Gasteiger partial charge is 0.461 e. The minimum atomic E-state index is -6.55. The Kier molecular flexibility index (Phi) is 13.5. The number of alkyl halides is 8. The highest BCUT2D eigenvalue weighted by molar-refractivity contribution is 7.95. The van der Waals surface area contributed by atoms with E-state index in [0.29, 0.717) is 19.3 Å². The van der Waals surface area contributed by atoms with Gasteiger partial charge in [0.2, 0.25) is 0 Å². The van der Waals surface area contributed by atoms with Crippen molar-refractivity contribution in [2.45, 2.75) is 87.9 Å². The van der Waals surface area contributed by atoms with Crippen molar-refractivity contribution in [2.24, 2.45) is 0 Å². The molecule has 2 atom stereocenters. The van der Waals surface area contributed by atoms with Gasteiger partial charge in [-0.25, -0.2) is 14.0 Å². The quantitative estimate of drug-likeness (QED) is 0.0673. The van der Waals surface area contributed by atoms with E-state index in [2.05, 4.69) is 14.1 Å². The fourth-order valence-corrected chi connectivity index (χ4v) is 2.75. The first-order valence-electron chi connectivity index (χ1n) is 9.59. The lowest BCUT2D eigenvalue weighted by Gasteiger charge is -2.31. The maximum Gasteiger partial charge on any atom is 0.381 e. The van der Waals surface area contributed by atoms with Gasteiger partial charge in [0.15, 0.2) is 6.61 Å². The summed E-state index contributed by atoms with van der Waals surface area (Å²) in [6.07, 6.45) is -3.64. The lowest BCUT2D eigenvalue weighted by Crippen LogP contribution is -2.59. The first-order chi connectivity index (χ1) is 15.2. The molecule has 0 saturated carbocycles. The average molecular weight is 524 g/mol. The zero-order valence-electron chi connectivity index (χ0n) is 17.5. The van der Waals surface area contributed by atoms with Crippen molar-refractivity contribution in [1.29, 1.82) is 0 Å². The summed E-state index contributed by atoms with van der Waals surface area (Å²) < 4.78 is 116. The van der Waals surface area contributed by atoms with Crippen LogP contribution in [0.3, 0.4) is 0 Å². The summed E-state index contributed by atoms with van der Waals surface area (Å²) in [5.41, 5.74) is 0. The van der Waals surface area contributed by atoms with Crippen LogP contribution in [0.25, 0.3) is 0 Å². The molecule has 0 bridgehead atoms. The van der Waals surface area contributed by atoms with Gasteiger partial charge in [-0.3, -0.25) is 9.59 Å². The first kappa shape index (κ1) is 31.6. The number of rotatable bonds is 17. The number of carbonyl (C=O) groups is 2. The van der Waals surface area contributed by atoms with Crippen molar-refractivity contribution in [2.75, 3.05) is 6.61 Å². The van der Waals surface area contributed by atoms with Crippen LogP contribution in [0.15, 0.2) is 0 Å². The molecule has 0 aliphatic carbocycles. The van der Waals surface area contributed by atoms with Crippen LogP contribution in [0.1, 0.15) is 52.4 Å². The molecule has 1 N–H and O–H groups in total. The Hall–Kier alpha value is -1.39. The van der Waals surface area contributed by atoms with E-state index >= 15 is 0 Å². The molecular weight excluding hydrogens is 500 g/mol. The van der Waals surface area contributed by atoms with Gasteiger partial charge in [-0.1, -0.05) is 31.7 Å². The molecule has 0 aliphatic rings. The van der Waals surface area contributed by atoms with E-state index in [1.54, 1.807) is 6.92 Å². The minimum Gasteiger partial charge on any atom is -0.461 e. The number of unbranched alkanes of at least 4 members (excludes halogenated alkanes) is 2. The molecular formula is C17H24F8O7S. The molecule has 0 aromatic heterocycles. The van der Waals surface area contributed by atoms with E-state index < -0.39 is 60.5 Å². The van der Waals surface area contributed by atoms with Gasteiger partial charge in [0.05, 0.1) is 18.5 Å². The van der Waals surface area contributed by atoms with E-state index in [0.717, 1.165) is 12.8 Å². The molecule has 0 aromatic carbocycles. The highest BCUT2D eigenvalue weighted by Gasteiger charge is 2.75. The highest BCUT2D eigenvalue weighted by atomic mass is 32.2. The van der Waals surface area contributed by atoms with Crippen molar-refractivity contribution in [3.63, 3.8) is 0 Å². The summed E-state index contributed by atoms with van der Waals surface area (Å²) in [5.74, 6) is -21.8. The van der Waals surface area contributed by atoms with Gasteiger partial charge in [0.25, 0.3) is 0 Å². The zero-order chi connectivity index (χ0) is 25.9. The smallest absolute Gasteiger partial charge is 0.381 e. The van der Waals surface area contributed by atoms with Crippen molar-refractivity contribution < 1.29 is 68.8 Å². The molecule has 0 rings (SSSR count). The molecule has 196 valence electrons. The predicted molar refractivity (Wildman–Crippen MR) is 96.9 cm³/mol. The summed E-state index contributed by atoms with van der Waals surface area (Å²) in [6.45, 7) is 0.941. The highest BCUT2D eigenvalue weighted by Crippen LogP contribution is 2.48. The van der Waals surface area contributed by atoms with Crippen LogP contribution in [-0.4, -0.2) is 59.3 Å². The molecule has 0 fully saturated rings. The third-order valence-electron chi connectivity index (χ3n) is 4.24. The summed E-state index contributed by atoms with van der Waals surface area (Å²) in [5, 5.41) is 9.75. The number of esters is 2. The van der Waals surface area contributed by atoms with E-state index in [1.807, 2.05) is 6.92 Å². The number of carbonyl (C=O) groups excluding carboxylic acids is 2. The summed E-state index contributed by atoms with van der Waals surface area (Å²) in [7, 11) is 0. The standard InChI is InChI=1S/C17H24F8O7S/c1-3-5-6-7-10(4-2)30-13(27)11(33-32-31-28)8-12(26)29-9-15(20,21)17(24,25)16(22,23)14(18)19/h10-11,14,28H,3-9H2,1-2H3. The van der Waals surface area contributed by atoms with Crippen molar-refractivity contribution >= 4 is 24.0 Å². The molecule has 0 spiro atoms. The lowest BCUT2D eigenvalue weighted by molar-refractivity contribution is -0.432. The second kappa shape index (κ2) is 14.1. The Balaban J connectivity index is 5.13. The van der Waals surface area contributed by atoms with Crippen LogP contribution in [0.4, 0.5) is 35.1 Å². The SMILES string of the molecule is CCCCCC(CC)OC(=O)C(CC(=O)OCC(F)(F)C(F)(F)C(F)(F)C(F)F)SOOO. The third-order valence-corrected chi connectivity index (χ3v) is 4.97. The fraction of sp³-hybridized carbons (Fsp3) is 0.882. The van der Waals surface area contributed by atoms with Gasteiger partial charge in [-0.15, -0.1) is 4.33 Å².